The summed E-state index contributed by atoms with van der Waals surface area (Å²) >= 11 is 5.84. The zero-order chi connectivity index (χ0) is 16.8. The van der Waals surface area contributed by atoms with Crippen LogP contribution in [-0.2, 0) is 0 Å². The fourth-order valence-electron chi connectivity index (χ4n) is 1.90. The Balaban J connectivity index is 2.24. The van der Waals surface area contributed by atoms with E-state index in [-0.39, 0.29) is 11.4 Å². The quantitative estimate of drug-likeness (QED) is 0.631. The van der Waals surface area contributed by atoms with Gasteiger partial charge in [0.2, 0.25) is 0 Å². The zero-order valence-electron chi connectivity index (χ0n) is 12.4. The van der Waals surface area contributed by atoms with Crippen LogP contribution >= 0.6 is 11.6 Å². The van der Waals surface area contributed by atoms with Crippen LogP contribution in [0.15, 0.2) is 42.5 Å². The smallest absolute Gasteiger partial charge is 0.296 e. The third kappa shape index (κ3) is 4.43. The average Bonchev–Trinajstić information content (AvgIpc) is 2.53. The number of nitro groups is 1. The number of hydrogen-bond donors (Lipinski definition) is 1. The van der Waals surface area contributed by atoms with Crippen molar-refractivity contribution in [3.63, 3.8) is 0 Å². The lowest BCUT2D eigenvalue weighted by Crippen LogP contribution is -2.13. The van der Waals surface area contributed by atoms with E-state index in [1.807, 2.05) is 6.92 Å². The number of carbonyl (C=O) groups excluding carboxylic acids is 1. The molecule has 0 atom stereocenters. The van der Waals surface area contributed by atoms with Gasteiger partial charge in [-0.2, -0.15) is 0 Å². The van der Waals surface area contributed by atoms with Crippen molar-refractivity contribution >= 4 is 28.9 Å². The van der Waals surface area contributed by atoms with E-state index in [2.05, 4.69) is 5.32 Å². The summed E-state index contributed by atoms with van der Waals surface area (Å²) in [5.41, 5.74) is 0.191. The topological polar surface area (TPSA) is 81.5 Å². The number of nitro benzene ring substituents is 1. The molecule has 120 valence electrons. The third-order valence-electron chi connectivity index (χ3n) is 2.97. The molecule has 1 amide bonds. The molecule has 0 heterocycles. The fourth-order valence-corrected chi connectivity index (χ4v) is 2.09. The first-order valence-electron chi connectivity index (χ1n) is 6.99. The largest absolute Gasteiger partial charge is 0.493 e. The third-order valence-corrected chi connectivity index (χ3v) is 3.21. The molecule has 0 unspecified atom stereocenters. The summed E-state index contributed by atoms with van der Waals surface area (Å²) in [6.07, 6.45) is 0.793. The Morgan fingerprint density at radius 2 is 2.09 bits per heavy atom. The average molecular weight is 335 g/mol. The molecule has 0 aliphatic carbocycles. The van der Waals surface area contributed by atoms with Gasteiger partial charge in [0, 0.05) is 10.6 Å². The summed E-state index contributed by atoms with van der Waals surface area (Å²) in [6, 6.07) is 10.7. The Morgan fingerprint density at radius 3 is 2.74 bits per heavy atom. The molecule has 0 radical (unpaired) electrons. The monoisotopic (exact) mass is 334 g/mol. The highest BCUT2D eigenvalue weighted by atomic mass is 35.5. The van der Waals surface area contributed by atoms with E-state index in [1.165, 1.54) is 18.2 Å². The molecule has 6 nitrogen and oxygen atoms in total. The highest BCUT2D eigenvalue weighted by molar-refractivity contribution is 6.31. The molecular weight excluding hydrogens is 320 g/mol. The van der Waals surface area contributed by atoms with Gasteiger partial charge in [0.05, 0.1) is 17.6 Å². The SMILES string of the molecule is CCCOc1ccc(NC(=O)c2cccc(Cl)c2)c([N+](=O)[O-])c1. The van der Waals surface area contributed by atoms with Crippen LogP contribution in [0.2, 0.25) is 5.02 Å². The van der Waals surface area contributed by atoms with Crippen LogP contribution in [0.4, 0.5) is 11.4 Å². The molecule has 2 rings (SSSR count). The number of ether oxygens (including phenoxy) is 1. The van der Waals surface area contributed by atoms with E-state index in [4.69, 9.17) is 16.3 Å². The van der Waals surface area contributed by atoms with Gasteiger partial charge in [-0.3, -0.25) is 14.9 Å². The molecule has 0 aliphatic heterocycles. The number of halogens is 1. The van der Waals surface area contributed by atoms with Gasteiger partial charge in [-0.1, -0.05) is 24.6 Å². The molecule has 2 aromatic carbocycles. The van der Waals surface area contributed by atoms with Crippen molar-refractivity contribution in [1.29, 1.82) is 0 Å². The normalized spacial score (nSPS) is 10.2. The highest BCUT2D eigenvalue weighted by Crippen LogP contribution is 2.29. The first-order valence-corrected chi connectivity index (χ1v) is 7.37. The van der Waals surface area contributed by atoms with Crippen LogP contribution in [0.25, 0.3) is 0 Å². The van der Waals surface area contributed by atoms with E-state index in [9.17, 15) is 14.9 Å². The summed E-state index contributed by atoms with van der Waals surface area (Å²) in [7, 11) is 0. The molecule has 0 aliphatic rings. The van der Waals surface area contributed by atoms with Crippen LogP contribution in [0.3, 0.4) is 0 Å². The van der Waals surface area contributed by atoms with Crippen LogP contribution in [-0.4, -0.2) is 17.4 Å². The second-order valence-electron chi connectivity index (χ2n) is 4.75. The number of benzene rings is 2. The first-order chi connectivity index (χ1) is 11.0. The minimum Gasteiger partial charge on any atom is -0.493 e. The summed E-state index contributed by atoms with van der Waals surface area (Å²) in [4.78, 5) is 22.8. The molecule has 0 bridgehead atoms. The number of nitrogens with zero attached hydrogens (tertiary/aromatic N) is 1. The van der Waals surface area contributed by atoms with Crippen LogP contribution in [0.1, 0.15) is 23.7 Å². The van der Waals surface area contributed by atoms with Crippen molar-refractivity contribution in [2.45, 2.75) is 13.3 Å². The maximum atomic E-state index is 12.2. The Bertz CT molecular complexity index is 734. The van der Waals surface area contributed by atoms with Crippen molar-refractivity contribution in [3.05, 3.63) is 63.2 Å². The minimum atomic E-state index is -0.563. The standard InChI is InChI=1S/C16H15ClN2O4/c1-2-8-23-13-6-7-14(15(10-13)19(21)22)18-16(20)11-4-3-5-12(17)9-11/h3-7,9-10H,2,8H2,1H3,(H,18,20). The highest BCUT2D eigenvalue weighted by Gasteiger charge is 2.18. The van der Waals surface area contributed by atoms with Crippen molar-refractivity contribution in [3.8, 4) is 5.75 Å². The molecule has 0 saturated carbocycles. The molecule has 23 heavy (non-hydrogen) atoms. The second-order valence-corrected chi connectivity index (χ2v) is 5.19. The molecule has 7 heteroatoms. The summed E-state index contributed by atoms with van der Waals surface area (Å²) in [6.45, 7) is 2.40. The predicted molar refractivity (Wildman–Crippen MR) is 88.3 cm³/mol. The van der Waals surface area contributed by atoms with Gasteiger partial charge in [-0.25, -0.2) is 0 Å². The zero-order valence-corrected chi connectivity index (χ0v) is 13.2. The maximum Gasteiger partial charge on any atom is 0.296 e. The van der Waals surface area contributed by atoms with Gasteiger partial charge < -0.3 is 10.1 Å². The van der Waals surface area contributed by atoms with E-state index >= 15 is 0 Å². The van der Waals surface area contributed by atoms with Crippen molar-refractivity contribution < 1.29 is 14.5 Å². The summed E-state index contributed by atoms with van der Waals surface area (Å²) in [5, 5.41) is 14.1. The van der Waals surface area contributed by atoms with E-state index < -0.39 is 10.8 Å². The van der Waals surface area contributed by atoms with Crippen LogP contribution in [0.5, 0.6) is 5.75 Å². The minimum absolute atomic E-state index is 0.101. The Labute approximate surface area is 138 Å². The van der Waals surface area contributed by atoms with Gasteiger partial charge in [-0.05, 0) is 36.8 Å². The molecule has 0 saturated heterocycles. The molecular formula is C16H15ClN2O4. The number of amides is 1. The maximum absolute atomic E-state index is 12.2. The Kier molecular flexibility index (Phi) is 5.54. The van der Waals surface area contributed by atoms with Crippen molar-refractivity contribution in [2.75, 3.05) is 11.9 Å². The molecule has 0 fully saturated rings. The lowest BCUT2D eigenvalue weighted by atomic mass is 10.2. The van der Waals surface area contributed by atoms with Gasteiger partial charge in [-0.15, -0.1) is 0 Å². The predicted octanol–water partition coefficient (Wildman–Crippen LogP) is 4.29. The number of nitrogens with one attached hydrogen (secondary N) is 1. The summed E-state index contributed by atoms with van der Waals surface area (Å²) < 4.78 is 5.37. The van der Waals surface area contributed by atoms with Gasteiger partial charge >= 0.3 is 0 Å². The lowest BCUT2D eigenvalue weighted by Gasteiger charge is -2.09. The number of anilines is 1. The van der Waals surface area contributed by atoms with E-state index in [1.54, 1.807) is 24.3 Å². The molecule has 0 spiro atoms. The van der Waals surface area contributed by atoms with Gasteiger partial charge in [0.15, 0.2) is 0 Å². The van der Waals surface area contributed by atoms with Crippen molar-refractivity contribution in [1.82, 2.24) is 0 Å². The number of hydrogen-bond acceptors (Lipinski definition) is 4. The first kappa shape index (κ1) is 16.8. The van der Waals surface area contributed by atoms with Gasteiger partial charge in [0.1, 0.15) is 11.4 Å². The molecule has 1 N–H and O–H groups in total. The summed E-state index contributed by atoms with van der Waals surface area (Å²) in [5.74, 6) is -0.0860. The van der Waals surface area contributed by atoms with Crippen molar-refractivity contribution in [2.24, 2.45) is 0 Å². The Hall–Kier alpha value is -2.60. The second kappa shape index (κ2) is 7.60. The number of rotatable bonds is 6. The number of carbonyl (C=O) groups is 1. The van der Waals surface area contributed by atoms with E-state index in [0.717, 1.165) is 6.42 Å². The van der Waals surface area contributed by atoms with Crippen LogP contribution in [0, 0.1) is 10.1 Å². The fraction of sp³-hybridized carbons (Fsp3) is 0.188. The Morgan fingerprint density at radius 1 is 1.30 bits per heavy atom. The lowest BCUT2D eigenvalue weighted by molar-refractivity contribution is -0.384. The van der Waals surface area contributed by atoms with Gasteiger partial charge in [0.25, 0.3) is 11.6 Å². The molecule has 0 aromatic heterocycles. The van der Waals surface area contributed by atoms with E-state index in [0.29, 0.717) is 22.9 Å². The molecule has 2 aromatic rings. The van der Waals surface area contributed by atoms with Crippen LogP contribution < -0.4 is 10.1 Å².